The molecule has 7 heteroatoms. The number of rotatable bonds is 4. The largest absolute Gasteiger partial charge is 0.456 e. The van der Waals surface area contributed by atoms with Gasteiger partial charge >= 0.3 is 0 Å². The van der Waals surface area contributed by atoms with Gasteiger partial charge in [-0.1, -0.05) is 121 Å². The van der Waals surface area contributed by atoms with Crippen LogP contribution in [0.5, 0.6) is 0 Å². The van der Waals surface area contributed by atoms with Crippen LogP contribution in [0.2, 0.25) is 0 Å². The molecule has 0 saturated heterocycles. The van der Waals surface area contributed by atoms with Crippen LogP contribution in [-0.2, 0) is 0 Å². The van der Waals surface area contributed by atoms with Crippen molar-refractivity contribution in [3.05, 3.63) is 176 Å². The van der Waals surface area contributed by atoms with E-state index in [1.54, 1.807) is 0 Å². The van der Waals surface area contributed by atoms with E-state index in [1.165, 1.54) is 0 Å². The van der Waals surface area contributed by atoms with Crippen molar-refractivity contribution in [2.75, 3.05) is 0 Å². The maximum absolute atomic E-state index is 6.59. The van der Waals surface area contributed by atoms with E-state index in [4.69, 9.17) is 23.8 Å². The van der Waals surface area contributed by atoms with Gasteiger partial charge in [-0.25, -0.2) is 0 Å². The van der Waals surface area contributed by atoms with Gasteiger partial charge in [0.25, 0.3) is 0 Å². The fourth-order valence-corrected chi connectivity index (χ4v) is 9.05. The van der Waals surface area contributed by atoms with Gasteiger partial charge in [0.1, 0.15) is 22.3 Å². The number of nitrogens with zero attached hydrogens (tertiary/aromatic N) is 5. The molecule has 0 aliphatic heterocycles. The lowest BCUT2D eigenvalue weighted by Gasteiger charge is -2.12. The van der Waals surface area contributed by atoms with Crippen molar-refractivity contribution < 1.29 is 8.83 Å². The molecule has 270 valence electrons. The Bertz CT molecular complexity index is 3760. The van der Waals surface area contributed by atoms with E-state index in [1.807, 2.05) is 24.3 Å². The number of aromatic nitrogens is 5. The van der Waals surface area contributed by atoms with Gasteiger partial charge < -0.3 is 8.83 Å². The zero-order valence-corrected chi connectivity index (χ0v) is 30.8. The lowest BCUT2D eigenvalue weighted by atomic mass is 9.99. The molecular weight excluding hydrogens is 715 g/mol. The van der Waals surface area contributed by atoms with Crippen LogP contribution in [0.15, 0.2) is 185 Å². The van der Waals surface area contributed by atoms with Crippen molar-refractivity contribution in [2.24, 2.45) is 0 Å². The summed E-state index contributed by atoms with van der Waals surface area (Å²) in [5, 5.41) is 8.62. The second kappa shape index (κ2) is 11.7. The maximum atomic E-state index is 6.59. The Kier molecular flexibility index (Phi) is 6.32. The molecular formula is C51H29N5O2. The van der Waals surface area contributed by atoms with Gasteiger partial charge in [0.05, 0.1) is 22.1 Å². The average molecular weight is 744 g/mol. The van der Waals surface area contributed by atoms with Crippen molar-refractivity contribution in [3.63, 3.8) is 0 Å². The molecule has 5 heterocycles. The SMILES string of the molecule is c1ccc(-c2cccc3oc4cc(-c5nc(-n6c7ccccc7c7ccccc76)nc(-n6c7ccccc7c7cc8oc9ccccc9c8cc76)n5)ccc4c23)cc1. The fraction of sp³-hybridized carbons (Fsp3) is 0. The molecule has 0 fully saturated rings. The molecule has 0 aliphatic carbocycles. The molecule has 0 N–H and O–H groups in total. The summed E-state index contributed by atoms with van der Waals surface area (Å²) in [5.41, 5.74) is 10.4. The molecule has 0 unspecified atom stereocenters. The number of hydrogen-bond donors (Lipinski definition) is 0. The van der Waals surface area contributed by atoms with Gasteiger partial charge in [0.15, 0.2) is 5.82 Å². The average Bonchev–Trinajstić information content (AvgIpc) is 4.03. The van der Waals surface area contributed by atoms with Crippen LogP contribution >= 0.6 is 0 Å². The zero-order chi connectivity index (χ0) is 37.9. The topological polar surface area (TPSA) is 74.8 Å². The van der Waals surface area contributed by atoms with Crippen molar-refractivity contribution in [2.45, 2.75) is 0 Å². The number of hydrogen-bond acceptors (Lipinski definition) is 5. The Labute approximate surface area is 329 Å². The van der Waals surface area contributed by atoms with E-state index in [2.05, 4.69) is 161 Å². The highest BCUT2D eigenvalue weighted by atomic mass is 16.3. The van der Waals surface area contributed by atoms with Crippen LogP contribution in [0.25, 0.3) is 122 Å². The Morgan fingerprint density at radius 3 is 1.62 bits per heavy atom. The fourth-order valence-electron chi connectivity index (χ4n) is 9.05. The summed E-state index contributed by atoms with van der Waals surface area (Å²) in [6, 6.07) is 60.8. The molecule has 0 spiro atoms. The van der Waals surface area contributed by atoms with E-state index in [9.17, 15) is 0 Å². The summed E-state index contributed by atoms with van der Waals surface area (Å²) in [4.78, 5) is 16.0. The van der Waals surface area contributed by atoms with Crippen LogP contribution in [0.4, 0.5) is 0 Å². The molecule has 13 aromatic rings. The van der Waals surface area contributed by atoms with Gasteiger partial charge in [0.2, 0.25) is 11.9 Å². The van der Waals surface area contributed by atoms with Crippen LogP contribution in [0, 0.1) is 0 Å². The third kappa shape index (κ3) is 4.41. The van der Waals surface area contributed by atoms with Gasteiger partial charge in [-0.05, 0) is 65.7 Å². The maximum Gasteiger partial charge on any atom is 0.240 e. The molecule has 5 aromatic heterocycles. The summed E-state index contributed by atoms with van der Waals surface area (Å²) < 4.78 is 17.3. The highest BCUT2D eigenvalue weighted by Gasteiger charge is 2.22. The van der Waals surface area contributed by atoms with Gasteiger partial charge in [-0.2, -0.15) is 15.0 Å². The lowest BCUT2D eigenvalue weighted by molar-refractivity contribution is 0.669. The number of fused-ring (bicyclic) bond motifs is 12. The molecule has 0 amide bonds. The monoisotopic (exact) mass is 743 g/mol. The first kappa shape index (κ1) is 31.2. The van der Waals surface area contributed by atoms with Crippen molar-refractivity contribution in [3.8, 4) is 34.4 Å². The van der Waals surface area contributed by atoms with Gasteiger partial charge in [-0.3, -0.25) is 9.13 Å². The summed E-state index contributed by atoms with van der Waals surface area (Å²) in [6.07, 6.45) is 0. The summed E-state index contributed by atoms with van der Waals surface area (Å²) in [5.74, 6) is 1.57. The number of benzene rings is 8. The highest BCUT2D eigenvalue weighted by Crippen LogP contribution is 2.41. The molecule has 0 bridgehead atoms. The van der Waals surface area contributed by atoms with E-state index >= 15 is 0 Å². The summed E-state index contributed by atoms with van der Waals surface area (Å²) in [7, 11) is 0. The quantitative estimate of drug-likeness (QED) is 0.179. The Hall–Kier alpha value is -8.03. The summed E-state index contributed by atoms with van der Waals surface area (Å²) in [6.45, 7) is 0. The predicted octanol–water partition coefficient (Wildman–Crippen LogP) is 13.2. The Morgan fingerprint density at radius 2 is 0.897 bits per heavy atom. The Morgan fingerprint density at radius 1 is 0.328 bits per heavy atom. The minimum Gasteiger partial charge on any atom is -0.456 e. The number of para-hydroxylation sites is 4. The van der Waals surface area contributed by atoms with Gasteiger partial charge in [-0.15, -0.1) is 0 Å². The lowest BCUT2D eigenvalue weighted by Crippen LogP contribution is -2.10. The van der Waals surface area contributed by atoms with E-state index in [-0.39, 0.29) is 0 Å². The van der Waals surface area contributed by atoms with Crippen molar-refractivity contribution in [1.29, 1.82) is 0 Å². The van der Waals surface area contributed by atoms with E-state index in [0.29, 0.717) is 17.7 Å². The smallest absolute Gasteiger partial charge is 0.240 e. The first-order valence-electron chi connectivity index (χ1n) is 19.4. The molecule has 0 aliphatic rings. The minimum atomic E-state index is 0.510. The third-order valence-corrected chi connectivity index (χ3v) is 11.6. The van der Waals surface area contributed by atoms with Gasteiger partial charge in [0, 0.05) is 48.7 Å². The molecule has 7 nitrogen and oxygen atoms in total. The van der Waals surface area contributed by atoms with Crippen LogP contribution in [0.3, 0.4) is 0 Å². The highest BCUT2D eigenvalue weighted by molar-refractivity contribution is 6.17. The molecule has 0 saturated carbocycles. The van der Waals surface area contributed by atoms with Crippen LogP contribution in [-0.4, -0.2) is 24.1 Å². The van der Waals surface area contributed by atoms with E-state index in [0.717, 1.165) is 104 Å². The second-order valence-corrected chi connectivity index (χ2v) is 14.8. The molecule has 8 aromatic carbocycles. The first-order chi connectivity index (χ1) is 28.7. The van der Waals surface area contributed by atoms with Crippen molar-refractivity contribution >= 4 is 87.5 Å². The first-order valence-corrected chi connectivity index (χ1v) is 19.4. The van der Waals surface area contributed by atoms with Crippen molar-refractivity contribution in [1.82, 2.24) is 24.1 Å². The van der Waals surface area contributed by atoms with E-state index < -0.39 is 0 Å². The number of furan rings is 2. The zero-order valence-electron chi connectivity index (χ0n) is 30.8. The van der Waals surface area contributed by atoms with Crippen LogP contribution < -0.4 is 0 Å². The normalized spacial score (nSPS) is 12.1. The second-order valence-electron chi connectivity index (χ2n) is 14.8. The third-order valence-electron chi connectivity index (χ3n) is 11.6. The molecule has 58 heavy (non-hydrogen) atoms. The predicted molar refractivity (Wildman–Crippen MR) is 234 cm³/mol. The molecule has 0 radical (unpaired) electrons. The molecule has 0 atom stereocenters. The Balaban J connectivity index is 1.11. The molecule has 13 rings (SSSR count). The minimum absolute atomic E-state index is 0.510. The van der Waals surface area contributed by atoms with Crippen LogP contribution in [0.1, 0.15) is 0 Å². The summed E-state index contributed by atoms with van der Waals surface area (Å²) >= 11 is 0. The standard InChI is InChI=1S/C51H29N5O2/c1-2-13-30(14-3-1)32-19-12-24-45-48(32)37-26-25-31(27-46(37)58-45)49-52-50(55-40-20-8-4-15-33(40)34-16-5-9-21-41(34)55)54-51(53-49)56-42-22-10-6-17-35(42)38-29-47-39(28-43(38)56)36-18-7-11-23-44(36)57-47/h1-29H.